The lowest BCUT2D eigenvalue weighted by atomic mass is 9.97. The van der Waals surface area contributed by atoms with Crippen molar-refractivity contribution in [2.45, 2.75) is 77.2 Å². The van der Waals surface area contributed by atoms with E-state index < -0.39 is 78.6 Å². The van der Waals surface area contributed by atoms with E-state index >= 15 is 0 Å². The molecule has 5 amide bonds. The summed E-state index contributed by atoms with van der Waals surface area (Å²) in [5.74, 6) is -6.11. The molecule has 0 heterocycles. The summed E-state index contributed by atoms with van der Waals surface area (Å²) in [5, 5.41) is 20.5. The van der Waals surface area contributed by atoms with Crippen LogP contribution in [0.3, 0.4) is 0 Å². The van der Waals surface area contributed by atoms with Crippen LogP contribution in [0, 0.1) is 5.92 Å². The SMILES string of the molecule is CC(=O)[C@@H](NC(=O)[C@H](C)NC(=O)[C@H](CC(N)=O)NC(=O)[C@H](Cc1cccc2ccccc12)NC(=O)[C@@H](N)CC(=O)O)C(C)C. The molecular weight excluding hydrogens is 572 g/mol. The molecule has 9 N–H and O–H groups in total. The predicted octanol–water partition coefficient (Wildman–Crippen LogP) is -0.736. The Balaban J connectivity index is 2.30. The summed E-state index contributed by atoms with van der Waals surface area (Å²) in [4.78, 5) is 86.9. The van der Waals surface area contributed by atoms with E-state index in [1.807, 2.05) is 24.3 Å². The lowest BCUT2D eigenvalue weighted by Gasteiger charge is -2.26. The fraction of sp³-hybridized carbons (Fsp3) is 0.433. The molecule has 0 bridgehead atoms. The van der Waals surface area contributed by atoms with Crippen molar-refractivity contribution in [2.24, 2.45) is 17.4 Å². The van der Waals surface area contributed by atoms with Gasteiger partial charge in [0, 0.05) is 6.42 Å². The number of aliphatic carboxylic acids is 1. The number of amides is 5. The molecular formula is C30H40N6O8. The van der Waals surface area contributed by atoms with Crippen molar-refractivity contribution in [3.05, 3.63) is 48.0 Å². The van der Waals surface area contributed by atoms with Crippen LogP contribution in [-0.2, 0) is 40.0 Å². The normalized spacial score (nSPS) is 14.4. The number of ketones is 1. The third-order valence-electron chi connectivity index (χ3n) is 6.86. The molecule has 0 aromatic heterocycles. The highest BCUT2D eigenvalue weighted by Crippen LogP contribution is 2.20. The van der Waals surface area contributed by atoms with Crippen LogP contribution < -0.4 is 32.7 Å². The molecule has 14 nitrogen and oxygen atoms in total. The van der Waals surface area contributed by atoms with E-state index in [0.717, 1.165) is 10.8 Å². The number of carbonyl (C=O) groups excluding carboxylic acids is 6. The molecule has 0 aliphatic heterocycles. The molecule has 2 aromatic carbocycles. The van der Waals surface area contributed by atoms with Gasteiger partial charge >= 0.3 is 5.97 Å². The van der Waals surface area contributed by atoms with Crippen molar-refractivity contribution >= 4 is 52.1 Å². The first-order chi connectivity index (χ1) is 20.6. The minimum atomic E-state index is -1.54. The highest BCUT2D eigenvalue weighted by Gasteiger charge is 2.32. The average molecular weight is 613 g/mol. The number of nitrogens with one attached hydrogen (secondary N) is 4. The number of nitrogens with two attached hydrogens (primary N) is 2. The molecule has 0 aliphatic rings. The number of rotatable bonds is 16. The minimum Gasteiger partial charge on any atom is -0.481 e. The Morgan fingerprint density at radius 3 is 1.93 bits per heavy atom. The molecule has 0 saturated carbocycles. The fourth-order valence-corrected chi connectivity index (χ4v) is 4.54. The molecule has 0 unspecified atom stereocenters. The molecule has 14 heteroatoms. The second-order valence-corrected chi connectivity index (χ2v) is 10.9. The summed E-state index contributed by atoms with van der Waals surface area (Å²) >= 11 is 0. The summed E-state index contributed by atoms with van der Waals surface area (Å²) in [7, 11) is 0. The van der Waals surface area contributed by atoms with Crippen LogP contribution in [0.15, 0.2) is 42.5 Å². The summed E-state index contributed by atoms with van der Waals surface area (Å²) in [5.41, 5.74) is 11.7. The monoisotopic (exact) mass is 612 g/mol. The third-order valence-corrected chi connectivity index (χ3v) is 6.86. The number of hydrogen-bond acceptors (Lipinski definition) is 8. The first-order valence-electron chi connectivity index (χ1n) is 14.0. The zero-order valence-electron chi connectivity index (χ0n) is 25.1. The Morgan fingerprint density at radius 1 is 0.750 bits per heavy atom. The zero-order valence-corrected chi connectivity index (χ0v) is 25.1. The quantitative estimate of drug-likeness (QED) is 0.126. The van der Waals surface area contributed by atoms with Crippen LogP contribution in [0.1, 0.15) is 46.1 Å². The molecule has 0 aliphatic carbocycles. The topological polar surface area (TPSA) is 240 Å². The molecule has 2 rings (SSSR count). The highest BCUT2D eigenvalue weighted by atomic mass is 16.4. The number of Topliss-reactive ketones (excluding diaryl/α,β-unsaturated/α-hetero) is 1. The largest absolute Gasteiger partial charge is 0.481 e. The minimum absolute atomic E-state index is 0.0793. The number of carbonyl (C=O) groups is 7. The molecule has 0 radical (unpaired) electrons. The number of benzene rings is 2. The molecule has 44 heavy (non-hydrogen) atoms. The van der Waals surface area contributed by atoms with Gasteiger partial charge in [-0.05, 0) is 36.1 Å². The Bertz CT molecular complexity index is 1410. The van der Waals surface area contributed by atoms with Crippen LogP contribution in [0.5, 0.6) is 0 Å². The summed E-state index contributed by atoms with van der Waals surface area (Å²) in [6, 6.07) is 6.38. The molecule has 0 fully saturated rings. The van der Waals surface area contributed by atoms with Gasteiger partial charge in [0.15, 0.2) is 5.78 Å². The lowest BCUT2D eigenvalue weighted by Crippen LogP contribution is -2.59. The molecule has 2 aromatic rings. The summed E-state index contributed by atoms with van der Waals surface area (Å²) in [6.45, 7) is 6.18. The lowest BCUT2D eigenvalue weighted by molar-refractivity contribution is -0.140. The summed E-state index contributed by atoms with van der Waals surface area (Å²) < 4.78 is 0. The zero-order chi connectivity index (χ0) is 33.1. The van der Waals surface area contributed by atoms with E-state index in [2.05, 4.69) is 21.3 Å². The van der Waals surface area contributed by atoms with Gasteiger partial charge in [-0.25, -0.2) is 0 Å². The Hall–Kier alpha value is -4.85. The maximum atomic E-state index is 13.5. The predicted molar refractivity (Wildman–Crippen MR) is 161 cm³/mol. The smallest absolute Gasteiger partial charge is 0.305 e. The van der Waals surface area contributed by atoms with Gasteiger partial charge in [-0.3, -0.25) is 33.6 Å². The van der Waals surface area contributed by atoms with Gasteiger partial charge in [0.25, 0.3) is 0 Å². The van der Waals surface area contributed by atoms with E-state index in [1.165, 1.54) is 13.8 Å². The van der Waals surface area contributed by atoms with E-state index in [4.69, 9.17) is 16.6 Å². The Kier molecular flexibility index (Phi) is 13.0. The van der Waals surface area contributed by atoms with Crippen LogP contribution >= 0.6 is 0 Å². The van der Waals surface area contributed by atoms with Gasteiger partial charge < -0.3 is 37.8 Å². The molecule has 0 spiro atoms. The van der Waals surface area contributed by atoms with E-state index in [1.54, 1.807) is 32.0 Å². The van der Waals surface area contributed by atoms with Gasteiger partial charge in [-0.1, -0.05) is 56.3 Å². The first kappa shape index (κ1) is 35.3. The van der Waals surface area contributed by atoms with Crippen molar-refractivity contribution in [3.8, 4) is 0 Å². The third kappa shape index (κ3) is 10.5. The Labute approximate surface area is 254 Å². The first-order valence-corrected chi connectivity index (χ1v) is 14.0. The van der Waals surface area contributed by atoms with Crippen molar-refractivity contribution < 1.29 is 38.7 Å². The van der Waals surface area contributed by atoms with Gasteiger partial charge in [0.1, 0.15) is 18.1 Å². The average Bonchev–Trinajstić information content (AvgIpc) is 2.93. The maximum Gasteiger partial charge on any atom is 0.305 e. The van der Waals surface area contributed by atoms with E-state index in [-0.39, 0.29) is 18.1 Å². The number of carboxylic acids is 1. The molecule has 5 atom stereocenters. The number of primary amides is 1. The number of carboxylic acid groups (broad SMARTS) is 1. The number of hydrogen-bond donors (Lipinski definition) is 7. The fourth-order valence-electron chi connectivity index (χ4n) is 4.54. The standard InChI is InChI=1S/C30H40N6O8/c1-15(2)26(17(4)37)36-27(41)16(3)33-29(43)23(14-24(32)38)35-30(44)22(34-28(42)21(31)13-25(39)40)12-19-10-7-9-18-8-5-6-11-20(18)19/h5-11,15-16,21-23,26H,12-14,31H2,1-4H3,(H2,32,38)(H,33,43)(H,34,42)(H,35,44)(H,36,41)(H,39,40)/t16-,21-,22-,23-,26-/m0/s1. The van der Waals surface area contributed by atoms with Gasteiger partial charge in [-0.15, -0.1) is 0 Å². The van der Waals surface area contributed by atoms with Crippen LogP contribution in [-0.4, -0.2) is 76.6 Å². The second kappa shape index (κ2) is 16.1. The maximum absolute atomic E-state index is 13.5. The van der Waals surface area contributed by atoms with Gasteiger partial charge in [0.2, 0.25) is 29.5 Å². The van der Waals surface area contributed by atoms with Crippen LogP contribution in [0.2, 0.25) is 0 Å². The Morgan fingerprint density at radius 2 is 1.34 bits per heavy atom. The van der Waals surface area contributed by atoms with Crippen molar-refractivity contribution in [1.29, 1.82) is 0 Å². The van der Waals surface area contributed by atoms with Crippen LogP contribution in [0.4, 0.5) is 0 Å². The van der Waals surface area contributed by atoms with Crippen molar-refractivity contribution in [2.75, 3.05) is 0 Å². The highest BCUT2D eigenvalue weighted by molar-refractivity contribution is 5.98. The van der Waals surface area contributed by atoms with Crippen LogP contribution in [0.25, 0.3) is 10.8 Å². The van der Waals surface area contributed by atoms with Crippen molar-refractivity contribution in [3.63, 3.8) is 0 Å². The van der Waals surface area contributed by atoms with E-state index in [0.29, 0.717) is 5.56 Å². The van der Waals surface area contributed by atoms with Gasteiger partial charge in [0.05, 0.1) is 24.9 Å². The molecule has 238 valence electrons. The van der Waals surface area contributed by atoms with E-state index in [9.17, 15) is 33.6 Å². The van der Waals surface area contributed by atoms with Crippen molar-refractivity contribution in [1.82, 2.24) is 21.3 Å². The summed E-state index contributed by atoms with van der Waals surface area (Å²) in [6.07, 6.45) is -1.41. The second-order valence-electron chi connectivity index (χ2n) is 10.9. The van der Waals surface area contributed by atoms with Gasteiger partial charge in [-0.2, -0.15) is 0 Å². The number of fused-ring (bicyclic) bond motifs is 1. The molecule has 0 saturated heterocycles.